The predicted octanol–water partition coefficient (Wildman–Crippen LogP) is 2.85. The van der Waals surface area contributed by atoms with Gasteiger partial charge in [0.15, 0.2) is 0 Å². The van der Waals surface area contributed by atoms with Crippen molar-refractivity contribution in [3.05, 3.63) is 53.3 Å². The van der Waals surface area contributed by atoms with E-state index in [1.54, 1.807) is 19.3 Å². The zero-order chi connectivity index (χ0) is 15.5. The molecule has 4 nitrogen and oxygen atoms in total. The first-order chi connectivity index (χ1) is 9.86. The van der Waals surface area contributed by atoms with Gasteiger partial charge in [-0.1, -0.05) is 12.1 Å². The molecule has 7 heteroatoms. The minimum Gasteiger partial charge on any atom is -0.349 e. The molecule has 2 rings (SSSR count). The minimum atomic E-state index is -4.36. The van der Waals surface area contributed by atoms with E-state index in [0.717, 1.165) is 17.7 Å². The summed E-state index contributed by atoms with van der Waals surface area (Å²) < 4.78 is 37.3. The van der Waals surface area contributed by atoms with Crippen molar-refractivity contribution in [2.75, 3.05) is 0 Å². The van der Waals surface area contributed by atoms with Crippen molar-refractivity contribution >= 4 is 5.91 Å². The summed E-state index contributed by atoms with van der Waals surface area (Å²) in [5.41, 5.74) is 0.633. The Morgan fingerprint density at radius 2 is 2.00 bits per heavy atom. The molecule has 0 saturated carbocycles. The molecule has 1 aromatic heterocycles. The van der Waals surface area contributed by atoms with Crippen LogP contribution in [0.3, 0.4) is 0 Å². The Morgan fingerprint density at radius 3 is 2.52 bits per heavy atom. The van der Waals surface area contributed by atoms with Crippen molar-refractivity contribution < 1.29 is 18.0 Å². The number of carbonyl (C=O) groups is 1. The van der Waals surface area contributed by atoms with Crippen LogP contribution >= 0.6 is 0 Å². The highest BCUT2D eigenvalue weighted by atomic mass is 19.4. The summed E-state index contributed by atoms with van der Waals surface area (Å²) in [5, 5.41) is 9.18. The number of carbonyl (C=O) groups excluding carboxylic acids is 1. The van der Waals surface area contributed by atoms with E-state index in [-0.39, 0.29) is 18.4 Å². The Hall–Kier alpha value is -2.31. The summed E-state index contributed by atoms with van der Waals surface area (Å²) >= 11 is 0. The quantitative estimate of drug-likeness (QED) is 0.911. The van der Waals surface area contributed by atoms with E-state index in [2.05, 4.69) is 15.5 Å². The van der Waals surface area contributed by atoms with Gasteiger partial charge in [-0.3, -0.25) is 9.89 Å². The number of benzene rings is 1. The highest BCUT2D eigenvalue weighted by molar-refractivity contribution is 5.79. The van der Waals surface area contributed by atoms with Gasteiger partial charge in [0.1, 0.15) is 0 Å². The maximum Gasteiger partial charge on any atom is 0.416 e. The third kappa shape index (κ3) is 4.08. The Kier molecular flexibility index (Phi) is 4.30. The number of hydrogen-bond donors (Lipinski definition) is 2. The Bertz CT molecular complexity index is 591. The minimum absolute atomic E-state index is 0.0281. The average Bonchev–Trinajstić information content (AvgIpc) is 2.92. The van der Waals surface area contributed by atoms with Gasteiger partial charge in [0.25, 0.3) is 0 Å². The van der Waals surface area contributed by atoms with Crippen LogP contribution in [0.2, 0.25) is 0 Å². The smallest absolute Gasteiger partial charge is 0.349 e. The van der Waals surface area contributed by atoms with Crippen molar-refractivity contribution in [1.29, 1.82) is 0 Å². The molecule has 1 aromatic carbocycles. The van der Waals surface area contributed by atoms with Gasteiger partial charge in [-0.15, -0.1) is 0 Å². The molecule has 1 unspecified atom stereocenters. The van der Waals surface area contributed by atoms with E-state index in [4.69, 9.17) is 0 Å². The summed E-state index contributed by atoms with van der Waals surface area (Å²) in [5.74, 6) is -0.261. The number of hydrogen-bond acceptors (Lipinski definition) is 2. The first-order valence-corrected chi connectivity index (χ1v) is 6.30. The van der Waals surface area contributed by atoms with Crippen LogP contribution in [0.4, 0.5) is 13.2 Å². The van der Waals surface area contributed by atoms with E-state index in [1.807, 2.05) is 0 Å². The fourth-order valence-electron chi connectivity index (χ4n) is 1.87. The molecule has 0 fully saturated rings. The SMILES string of the molecule is CC(NC(=O)Cc1ccc(C(F)(F)F)cc1)c1cn[nH]c1. The highest BCUT2D eigenvalue weighted by Crippen LogP contribution is 2.29. The van der Waals surface area contributed by atoms with Gasteiger partial charge in [-0.25, -0.2) is 0 Å². The number of nitrogens with zero attached hydrogens (tertiary/aromatic N) is 1. The zero-order valence-electron chi connectivity index (χ0n) is 11.2. The normalized spacial score (nSPS) is 13.0. The van der Waals surface area contributed by atoms with Gasteiger partial charge in [0.2, 0.25) is 5.91 Å². The van der Waals surface area contributed by atoms with Gasteiger partial charge < -0.3 is 5.32 Å². The van der Waals surface area contributed by atoms with E-state index in [1.165, 1.54) is 12.1 Å². The molecular formula is C14H14F3N3O. The van der Waals surface area contributed by atoms with Gasteiger partial charge in [-0.2, -0.15) is 18.3 Å². The lowest BCUT2D eigenvalue weighted by molar-refractivity contribution is -0.137. The third-order valence-corrected chi connectivity index (χ3v) is 3.04. The molecule has 0 aliphatic heterocycles. The van der Waals surface area contributed by atoms with Crippen LogP contribution in [0.15, 0.2) is 36.7 Å². The van der Waals surface area contributed by atoms with Crippen molar-refractivity contribution in [3.8, 4) is 0 Å². The predicted molar refractivity (Wildman–Crippen MR) is 70.3 cm³/mol. The molecule has 2 aromatic rings. The number of aromatic amines is 1. The lowest BCUT2D eigenvalue weighted by Gasteiger charge is -2.12. The number of nitrogens with one attached hydrogen (secondary N) is 2. The topological polar surface area (TPSA) is 57.8 Å². The van der Waals surface area contributed by atoms with Gasteiger partial charge in [0.05, 0.1) is 24.2 Å². The van der Waals surface area contributed by atoms with E-state index in [9.17, 15) is 18.0 Å². The molecule has 0 bridgehead atoms. The van der Waals surface area contributed by atoms with Gasteiger partial charge in [-0.05, 0) is 24.6 Å². The van der Waals surface area contributed by atoms with Gasteiger partial charge >= 0.3 is 6.18 Å². The zero-order valence-corrected chi connectivity index (χ0v) is 11.2. The number of alkyl halides is 3. The van der Waals surface area contributed by atoms with Crippen molar-refractivity contribution in [2.24, 2.45) is 0 Å². The molecule has 112 valence electrons. The summed E-state index contributed by atoms with van der Waals surface area (Å²) in [4.78, 5) is 11.8. The van der Waals surface area contributed by atoms with Crippen LogP contribution in [0.25, 0.3) is 0 Å². The lowest BCUT2D eigenvalue weighted by Crippen LogP contribution is -2.27. The maximum atomic E-state index is 12.4. The number of amides is 1. The maximum absolute atomic E-state index is 12.4. The molecular weight excluding hydrogens is 283 g/mol. The first kappa shape index (κ1) is 15.1. The summed E-state index contributed by atoms with van der Waals surface area (Å²) in [6, 6.07) is 4.35. The van der Waals surface area contributed by atoms with E-state index >= 15 is 0 Å². The summed E-state index contributed by atoms with van der Waals surface area (Å²) in [6.07, 6.45) is -1.07. The number of rotatable bonds is 4. The molecule has 1 atom stereocenters. The number of halogens is 3. The Morgan fingerprint density at radius 1 is 1.33 bits per heavy atom. The second kappa shape index (κ2) is 5.99. The molecule has 1 amide bonds. The fraction of sp³-hybridized carbons (Fsp3) is 0.286. The first-order valence-electron chi connectivity index (χ1n) is 6.30. The van der Waals surface area contributed by atoms with Crippen LogP contribution in [-0.4, -0.2) is 16.1 Å². The third-order valence-electron chi connectivity index (χ3n) is 3.04. The van der Waals surface area contributed by atoms with Crippen LogP contribution < -0.4 is 5.32 Å². The monoisotopic (exact) mass is 297 g/mol. The molecule has 0 saturated heterocycles. The van der Waals surface area contributed by atoms with Crippen LogP contribution in [0, 0.1) is 0 Å². The lowest BCUT2D eigenvalue weighted by atomic mass is 10.1. The van der Waals surface area contributed by atoms with Crippen molar-refractivity contribution in [3.63, 3.8) is 0 Å². The molecule has 21 heavy (non-hydrogen) atoms. The van der Waals surface area contributed by atoms with E-state index in [0.29, 0.717) is 5.56 Å². The molecule has 0 radical (unpaired) electrons. The standard InChI is InChI=1S/C14H14F3N3O/c1-9(11-7-18-19-8-11)20-13(21)6-10-2-4-12(5-3-10)14(15,16)17/h2-5,7-9H,6H2,1H3,(H,18,19)(H,20,21). The molecule has 1 heterocycles. The average molecular weight is 297 g/mol. The second-order valence-electron chi connectivity index (χ2n) is 4.69. The summed E-state index contributed by atoms with van der Waals surface area (Å²) in [6.45, 7) is 1.80. The fourth-order valence-corrected chi connectivity index (χ4v) is 1.87. The van der Waals surface area contributed by atoms with Gasteiger partial charge in [0, 0.05) is 11.8 Å². The van der Waals surface area contributed by atoms with Crippen LogP contribution in [0.1, 0.15) is 29.7 Å². The second-order valence-corrected chi connectivity index (χ2v) is 4.69. The van der Waals surface area contributed by atoms with E-state index < -0.39 is 11.7 Å². The number of H-pyrrole nitrogens is 1. The summed E-state index contributed by atoms with van der Waals surface area (Å²) in [7, 11) is 0. The van der Waals surface area contributed by atoms with Crippen molar-refractivity contribution in [2.45, 2.75) is 25.6 Å². The van der Waals surface area contributed by atoms with Crippen LogP contribution in [-0.2, 0) is 17.4 Å². The molecule has 2 N–H and O–H groups in total. The Balaban J connectivity index is 1.94. The van der Waals surface area contributed by atoms with Crippen molar-refractivity contribution in [1.82, 2.24) is 15.5 Å². The van der Waals surface area contributed by atoms with Crippen LogP contribution in [0.5, 0.6) is 0 Å². The molecule has 0 aliphatic carbocycles. The number of aromatic nitrogens is 2. The highest BCUT2D eigenvalue weighted by Gasteiger charge is 2.29. The Labute approximate surface area is 119 Å². The molecule has 0 aliphatic rings. The largest absolute Gasteiger partial charge is 0.416 e. The molecule has 0 spiro atoms.